The van der Waals surface area contributed by atoms with Crippen LogP contribution >= 0.6 is 11.3 Å². The van der Waals surface area contributed by atoms with Crippen molar-refractivity contribution in [2.75, 3.05) is 5.32 Å². The van der Waals surface area contributed by atoms with E-state index in [1.807, 2.05) is 25.4 Å². The fourth-order valence-corrected chi connectivity index (χ4v) is 2.08. The lowest BCUT2D eigenvalue weighted by molar-refractivity contribution is 0.102. The molecule has 0 bridgehead atoms. The number of aromatic nitrogens is 2. The van der Waals surface area contributed by atoms with E-state index in [1.54, 1.807) is 16.9 Å². The Morgan fingerprint density at radius 1 is 1.53 bits per heavy atom. The molecule has 0 fully saturated rings. The Balaban J connectivity index is 2.14. The van der Waals surface area contributed by atoms with Gasteiger partial charge in [-0.25, -0.2) is 0 Å². The van der Waals surface area contributed by atoms with Crippen molar-refractivity contribution in [3.63, 3.8) is 0 Å². The Labute approximate surface area is 91.5 Å². The molecule has 78 valence electrons. The van der Waals surface area contributed by atoms with Gasteiger partial charge in [-0.05, 0) is 23.9 Å². The normalized spacial score (nSPS) is 10.3. The van der Waals surface area contributed by atoms with Crippen LogP contribution in [0.5, 0.6) is 0 Å². The molecule has 1 amide bonds. The summed E-state index contributed by atoms with van der Waals surface area (Å²) in [5, 5.41) is 8.73. The first-order valence-corrected chi connectivity index (χ1v) is 5.40. The standard InChI is InChI=1S/C10H11N3OS/c1-7-4-6-15-9(7)10(14)11-8-3-5-13(2)12-8/h3-6H,1-2H3,(H,11,12,14). The van der Waals surface area contributed by atoms with Crippen LogP contribution in [-0.4, -0.2) is 15.7 Å². The Morgan fingerprint density at radius 3 is 2.87 bits per heavy atom. The van der Waals surface area contributed by atoms with Gasteiger partial charge in [-0.1, -0.05) is 0 Å². The third-order valence-corrected chi connectivity index (χ3v) is 3.04. The molecule has 0 radical (unpaired) electrons. The molecule has 4 nitrogen and oxygen atoms in total. The highest BCUT2D eigenvalue weighted by Crippen LogP contribution is 2.16. The number of carbonyl (C=O) groups is 1. The second-order valence-corrected chi connectivity index (χ2v) is 4.18. The van der Waals surface area contributed by atoms with Gasteiger partial charge in [0.15, 0.2) is 5.82 Å². The van der Waals surface area contributed by atoms with Crippen LogP contribution in [0.1, 0.15) is 15.2 Å². The Morgan fingerprint density at radius 2 is 2.33 bits per heavy atom. The van der Waals surface area contributed by atoms with Gasteiger partial charge in [-0.15, -0.1) is 11.3 Å². The zero-order valence-corrected chi connectivity index (χ0v) is 9.34. The van der Waals surface area contributed by atoms with Crippen LogP contribution in [0, 0.1) is 6.92 Å². The van der Waals surface area contributed by atoms with Gasteiger partial charge >= 0.3 is 0 Å². The molecule has 0 spiro atoms. The van der Waals surface area contributed by atoms with E-state index >= 15 is 0 Å². The predicted molar refractivity (Wildman–Crippen MR) is 60.2 cm³/mol. The molecular formula is C10H11N3OS. The first kappa shape index (κ1) is 9.92. The van der Waals surface area contributed by atoms with Crippen molar-refractivity contribution in [2.45, 2.75) is 6.92 Å². The molecule has 0 saturated carbocycles. The van der Waals surface area contributed by atoms with E-state index in [0.717, 1.165) is 10.4 Å². The summed E-state index contributed by atoms with van der Waals surface area (Å²) in [4.78, 5) is 12.5. The summed E-state index contributed by atoms with van der Waals surface area (Å²) in [5.41, 5.74) is 0.994. The maximum Gasteiger partial charge on any atom is 0.267 e. The fourth-order valence-electron chi connectivity index (χ4n) is 1.26. The minimum absolute atomic E-state index is 0.0961. The largest absolute Gasteiger partial charge is 0.304 e. The van der Waals surface area contributed by atoms with Gasteiger partial charge in [0.2, 0.25) is 0 Å². The monoisotopic (exact) mass is 221 g/mol. The van der Waals surface area contributed by atoms with E-state index in [0.29, 0.717) is 5.82 Å². The summed E-state index contributed by atoms with van der Waals surface area (Å²) in [6.45, 7) is 1.92. The maximum atomic E-state index is 11.8. The number of carbonyl (C=O) groups excluding carboxylic acids is 1. The Hall–Kier alpha value is -1.62. The lowest BCUT2D eigenvalue weighted by atomic mass is 10.3. The van der Waals surface area contributed by atoms with Gasteiger partial charge in [-0.2, -0.15) is 5.10 Å². The van der Waals surface area contributed by atoms with Crippen LogP contribution in [0.2, 0.25) is 0 Å². The van der Waals surface area contributed by atoms with Gasteiger partial charge < -0.3 is 5.32 Å². The number of rotatable bonds is 2. The number of hydrogen-bond donors (Lipinski definition) is 1. The number of nitrogens with zero attached hydrogens (tertiary/aromatic N) is 2. The average molecular weight is 221 g/mol. The second-order valence-electron chi connectivity index (χ2n) is 3.26. The molecule has 1 N–H and O–H groups in total. The number of nitrogens with one attached hydrogen (secondary N) is 1. The first-order chi connectivity index (χ1) is 7.16. The Bertz CT molecular complexity index is 486. The van der Waals surface area contributed by atoms with Crippen molar-refractivity contribution in [1.29, 1.82) is 0 Å². The molecule has 2 aromatic rings. The molecule has 0 aliphatic rings. The van der Waals surface area contributed by atoms with Crippen molar-refractivity contribution >= 4 is 23.1 Å². The van der Waals surface area contributed by atoms with E-state index in [-0.39, 0.29) is 5.91 Å². The molecule has 2 heterocycles. The molecule has 5 heteroatoms. The summed E-state index contributed by atoms with van der Waals surface area (Å²) in [6, 6.07) is 3.69. The van der Waals surface area contributed by atoms with Gasteiger partial charge in [0, 0.05) is 19.3 Å². The van der Waals surface area contributed by atoms with Crippen molar-refractivity contribution < 1.29 is 4.79 Å². The highest BCUT2D eigenvalue weighted by Gasteiger charge is 2.11. The minimum atomic E-state index is -0.0961. The number of amides is 1. The van der Waals surface area contributed by atoms with Crippen molar-refractivity contribution in [3.8, 4) is 0 Å². The van der Waals surface area contributed by atoms with Crippen LogP contribution in [0.15, 0.2) is 23.7 Å². The first-order valence-electron chi connectivity index (χ1n) is 4.52. The molecule has 2 rings (SSSR count). The Kier molecular flexibility index (Phi) is 2.55. The highest BCUT2D eigenvalue weighted by molar-refractivity contribution is 7.12. The third-order valence-electron chi connectivity index (χ3n) is 2.02. The van der Waals surface area contributed by atoms with E-state index < -0.39 is 0 Å². The molecular weight excluding hydrogens is 210 g/mol. The van der Waals surface area contributed by atoms with Crippen LogP contribution in [-0.2, 0) is 7.05 Å². The lowest BCUT2D eigenvalue weighted by Crippen LogP contribution is -2.11. The minimum Gasteiger partial charge on any atom is -0.304 e. The smallest absolute Gasteiger partial charge is 0.267 e. The molecule has 2 aromatic heterocycles. The van der Waals surface area contributed by atoms with Gasteiger partial charge in [0.05, 0.1) is 4.88 Å². The quantitative estimate of drug-likeness (QED) is 0.843. The molecule has 0 saturated heterocycles. The van der Waals surface area contributed by atoms with Crippen molar-refractivity contribution in [3.05, 3.63) is 34.2 Å². The van der Waals surface area contributed by atoms with Gasteiger partial charge in [-0.3, -0.25) is 9.48 Å². The van der Waals surface area contributed by atoms with Crippen LogP contribution in [0.4, 0.5) is 5.82 Å². The molecule has 0 atom stereocenters. The summed E-state index contributed by atoms with van der Waals surface area (Å²) < 4.78 is 1.65. The fraction of sp³-hybridized carbons (Fsp3) is 0.200. The number of aryl methyl sites for hydroxylation is 2. The number of anilines is 1. The van der Waals surface area contributed by atoms with Crippen LogP contribution < -0.4 is 5.32 Å². The van der Waals surface area contributed by atoms with Crippen molar-refractivity contribution in [1.82, 2.24) is 9.78 Å². The van der Waals surface area contributed by atoms with Gasteiger partial charge in [0.1, 0.15) is 0 Å². The number of hydrogen-bond acceptors (Lipinski definition) is 3. The summed E-state index contributed by atoms with van der Waals surface area (Å²) in [7, 11) is 1.81. The molecule has 0 aliphatic heterocycles. The molecule has 0 aromatic carbocycles. The van der Waals surface area contributed by atoms with Crippen LogP contribution in [0.3, 0.4) is 0 Å². The zero-order valence-electron chi connectivity index (χ0n) is 8.52. The summed E-state index contributed by atoms with van der Waals surface area (Å²) in [6.07, 6.45) is 1.79. The molecule has 0 unspecified atom stereocenters. The lowest BCUT2D eigenvalue weighted by Gasteiger charge is -1.99. The highest BCUT2D eigenvalue weighted by atomic mass is 32.1. The van der Waals surface area contributed by atoms with Crippen molar-refractivity contribution in [2.24, 2.45) is 7.05 Å². The zero-order chi connectivity index (χ0) is 10.8. The summed E-state index contributed by atoms with van der Waals surface area (Å²) in [5.74, 6) is 0.483. The molecule has 15 heavy (non-hydrogen) atoms. The summed E-state index contributed by atoms with van der Waals surface area (Å²) >= 11 is 1.44. The number of thiophene rings is 1. The average Bonchev–Trinajstić information content (AvgIpc) is 2.75. The SMILES string of the molecule is Cc1ccsc1C(=O)Nc1ccn(C)n1. The van der Waals surface area contributed by atoms with Gasteiger partial charge in [0.25, 0.3) is 5.91 Å². The van der Waals surface area contributed by atoms with E-state index in [9.17, 15) is 4.79 Å². The van der Waals surface area contributed by atoms with E-state index in [1.165, 1.54) is 11.3 Å². The van der Waals surface area contributed by atoms with E-state index in [4.69, 9.17) is 0 Å². The third kappa shape index (κ3) is 2.07. The molecule has 0 aliphatic carbocycles. The van der Waals surface area contributed by atoms with E-state index in [2.05, 4.69) is 10.4 Å². The maximum absolute atomic E-state index is 11.8. The second kappa shape index (κ2) is 3.86. The topological polar surface area (TPSA) is 46.9 Å². The predicted octanol–water partition coefficient (Wildman–Crippen LogP) is 2.04. The van der Waals surface area contributed by atoms with Crippen LogP contribution in [0.25, 0.3) is 0 Å².